The topological polar surface area (TPSA) is 59.2 Å². The summed E-state index contributed by atoms with van der Waals surface area (Å²) in [5.41, 5.74) is 1.18. The Morgan fingerprint density at radius 3 is 2.60 bits per heavy atom. The molecule has 0 aliphatic heterocycles. The maximum Gasteiger partial charge on any atom is 0.232 e. The number of hydrogen-bond donors (Lipinski definition) is 1. The molecule has 0 spiro atoms. The zero-order valence-corrected chi connectivity index (χ0v) is 11.9. The minimum absolute atomic E-state index is 0.0695. The zero-order chi connectivity index (χ0) is 14.2. The summed E-state index contributed by atoms with van der Waals surface area (Å²) in [4.78, 5) is 4.55. The Morgan fingerprint density at radius 1 is 1.30 bits per heavy atom. The SMILES string of the molecule is CCC(O)C(C)c1nc(C2(c3ccccc3)CC2)no1. The van der Waals surface area contributed by atoms with Crippen molar-refractivity contribution in [3.63, 3.8) is 0 Å². The lowest BCUT2D eigenvalue weighted by atomic mass is 9.95. The van der Waals surface area contributed by atoms with Gasteiger partial charge in [-0.3, -0.25) is 0 Å². The van der Waals surface area contributed by atoms with Crippen LogP contribution in [0.2, 0.25) is 0 Å². The molecule has 1 aliphatic carbocycles. The quantitative estimate of drug-likeness (QED) is 0.909. The van der Waals surface area contributed by atoms with Crippen molar-refractivity contribution < 1.29 is 9.63 Å². The standard InChI is InChI=1S/C16H20N2O2/c1-3-13(19)11(2)14-17-15(18-20-14)16(9-10-16)12-7-5-4-6-8-12/h4-8,11,13,19H,3,9-10H2,1-2H3. The van der Waals surface area contributed by atoms with Crippen molar-refractivity contribution in [1.29, 1.82) is 0 Å². The molecule has 0 saturated heterocycles. The average Bonchev–Trinajstić information content (AvgIpc) is 3.17. The molecule has 0 radical (unpaired) electrons. The van der Waals surface area contributed by atoms with E-state index in [4.69, 9.17) is 4.52 Å². The molecule has 3 rings (SSSR count). The third kappa shape index (κ3) is 2.14. The highest BCUT2D eigenvalue weighted by atomic mass is 16.5. The molecule has 1 aromatic carbocycles. The van der Waals surface area contributed by atoms with Gasteiger partial charge in [-0.15, -0.1) is 0 Å². The Labute approximate surface area is 118 Å². The summed E-state index contributed by atoms with van der Waals surface area (Å²) in [6.07, 6.45) is 2.36. The lowest BCUT2D eigenvalue weighted by Crippen LogP contribution is -2.15. The van der Waals surface area contributed by atoms with Crippen molar-refractivity contribution in [1.82, 2.24) is 10.1 Å². The van der Waals surface area contributed by atoms with Crippen LogP contribution in [0.4, 0.5) is 0 Å². The summed E-state index contributed by atoms with van der Waals surface area (Å²) in [5.74, 6) is 1.18. The number of benzene rings is 1. The summed E-state index contributed by atoms with van der Waals surface area (Å²) in [6.45, 7) is 3.87. The van der Waals surface area contributed by atoms with Crippen LogP contribution in [-0.2, 0) is 5.41 Å². The van der Waals surface area contributed by atoms with Gasteiger partial charge in [-0.2, -0.15) is 4.98 Å². The van der Waals surface area contributed by atoms with E-state index in [1.54, 1.807) is 0 Å². The van der Waals surface area contributed by atoms with Crippen molar-refractivity contribution in [2.75, 3.05) is 0 Å². The summed E-state index contributed by atoms with van der Waals surface area (Å²) >= 11 is 0. The molecule has 106 valence electrons. The molecule has 4 nitrogen and oxygen atoms in total. The first-order chi connectivity index (χ1) is 9.67. The monoisotopic (exact) mass is 272 g/mol. The number of aliphatic hydroxyl groups excluding tert-OH is 1. The highest BCUT2D eigenvalue weighted by Crippen LogP contribution is 2.52. The van der Waals surface area contributed by atoms with Crippen LogP contribution in [0.5, 0.6) is 0 Å². The Morgan fingerprint density at radius 2 is 2.00 bits per heavy atom. The van der Waals surface area contributed by atoms with Crippen molar-refractivity contribution in [3.8, 4) is 0 Å². The third-order valence-electron chi connectivity index (χ3n) is 4.33. The van der Waals surface area contributed by atoms with Crippen LogP contribution in [0.15, 0.2) is 34.9 Å². The number of rotatable bonds is 5. The molecule has 2 aromatic rings. The fraction of sp³-hybridized carbons (Fsp3) is 0.500. The van der Waals surface area contributed by atoms with Gasteiger partial charge in [0.25, 0.3) is 0 Å². The second-order valence-corrected chi connectivity index (χ2v) is 5.67. The fourth-order valence-corrected chi connectivity index (χ4v) is 2.66. The van der Waals surface area contributed by atoms with Gasteiger partial charge in [0.05, 0.1) is 17.4 Å². The second-order valence-electron chi connectivity index (χ2n) is 5.67. The van der Waals surface area contributed by atoms with Crippen LogP contribution >= 0.6 is 0 Å². The first-order valence-corrected chi connectivity index (χ1v) is 7.25. The van der Waals surface area contributed by atoms with Crippen LogP contribution < -0.4 is 0 Å². The molecule has 4 heteroatoms. The van der Waals surface area contributed by atoms with Crippen LogP contribution in [-0.4, -0.2) is 21.4 Å². The van der Waals surface area contributed by atoms with E-state index in [9.17, 15) is 5.11 Å². The molecule has 1 saturated carbocycles. The molecule has 1 heterocycles. The van der Waals surface area contributed by atoms with Crippen LogP contribution in [0.1, 0.15) is 56.3 Å². The van der Waals surface area contributed by atoms with Gasteiger partial charge in [0.2, 0.25) is 5.89 Å². The Balaban J connectivity index is 1.88. The highest BCUT2D eigenvalue weighted by molar-refractivity contribution is 5.38. The molecule has 0 amide bonds. The van der Waals surface area contributed by atoms with Crippen LogP contribution in [0, 0.1) is 0 Å². The summed E-state index contributed by atoms with van der Waals surface area (Å²) in [5, 5.41) is 14.1. The minimum Gasteiger partial charge on any atom is -0.392 e. The summed E-state index contributed by atoms with van der Waals surface area (Å²) < 4.78 is 5.38. The summed E-state index contributed by atoms with van der Waals surface area (Å²) in [7, 11) is 0. The lowest BCUT2D eigenvalue weighted by molar-refractivity contribution is 0.129. The molecule has 1 fully saturated rings. The molecule has 1 N–H and O–H groups in total. The van der Waals surface area contributed by atoms with E-state index in [0.29, 0.717) is 12.3 Å². The Hall–Kier alpha value is -1.68. The smallest absolute Gasteiger partial charge is 0.232 e. The van der Waals surface area contributed by atoms with Crippen LogP contribution in [0.25, 0.3) is 0 Å². The highest BCUT2D eigenvalue weighted by Gasteiger charge is 2.50. The molecule has 0 bridgehead atoms. The number of aliphatic hydroxyl groups is 1. The number of hydrogen-bond acceptors (Lipinski definition) is 4. The van der Waals surface area contributed by atoms with E-state index in [0.717, 1.165) is 18.7 Å². The third-order valence-corrected chi connectivity index (χ3v) is 4.33. The van der Waals surface area contributed by atoms with Crippen molar-refractivity contribution in [2.24, 2.45) is 0 Å². The van der Waals surface area contributed by atoms with E-state index < -0.39 is 6.10 Å². The largest absolute Gasteiger partial charge is 0.392 e. The molecule has 2 unspecified atom stereocenters. The predicted molar refractivity (Wildman–Crippen MR) is 75.5 cm³/mol. The van der Waals surface area contributed by atoms with E-state index in [-0.39, 0.29) is 11.3 Å². The number of nitrogens with zero attached hydrogens (tertiary/aromatic N) is 2. The average molecular weight is 272 g/mol. The van der Waals surface area contributed by atoms with E-state index in [1.807, 2.05) is 32.0 Å². The molecule has 1 aromatic heterocycles. The Bertz CT molecular complexity index is 575. The minimum atomic E-state index is -0.435. The maximum atomic E-state index is 9.90. The van der Waals surface area contributed by atoms with E-state index in [2.05, 4.69) is 22.3 Å². The van der Waals surface area contributed by atoms with Gasteiger partial charge in [-0.05, 0) is 24.8 Å². The molecule has 2 atom stereocenters. The number of aromatic nitrogens is 2. The lowest BCUT2D eigenvalue weighted by Gasteiger charge is -2.12. The van der Waals surface area contributed by atoms with E-state index in [1.165, 1.54) is 5.56 Å². The van der Waals surface area contributed by atoms with Gasteiger partial charge in [0.15, 0.2) is 5.82 Å². The first-order valence-electron chi connectivity index (χ1n) is 7.25. The van der Waals surface area contributed by atoms with Gasteiger partial charge in [-0.1, -0.05) is 49.3 Å². The second kappa shape index (κ2) is 5.02. The Kier molecular flexibility index (Phi) is 3.34. The fourth-order valence-electron chi connectivity index (χ4n) is 2.66. The van der Waals surface area contributed by atoms with Crippen LogP contribution in [0.3, 0.4) is 0 Å². The van der Waals surface area contributed by atoms with Gasteiger partial charge >= 0.3 is 0 Å². The normalized spacial score (nSPS) is 19.6. The van der Waals surface area contributed by atoms with Crippen molar-refractivity contribution in [3.05, 3.63) is 47.6 Å². The predicted octanol–water partition coefficient (Wildman–Crippen LogP) is 3.02. The molecule has 20 heavy (non-hydrogen) atoms. The van der Waals surface area contributed by atoms with Gasteiger partial charge < -0.3 is 9.63 Å². The van der Waals surface area contributed by atoms with Crippen molar-refractivity contribution in [2.45, 2.75) is 50.5 Å². The maximum absolute atomic E-state index is 9.90. The van der Waals surface area contributed by atoms with Crippen molar-refractivity contribution >= 4 is 0 Å². The molecular formula is C16H20N2O2. The zero-order valence-electron chi connectivity index (χ0n) is 11.9. The summed E-state index contributed by atoms with van der Waals surface area (Å²) in [6, 6.07) is 10.3. The van der Waals surface area contributed by atoms with Gasteiger partial charge in [0.1, 0.15) is 0 Å². The van der Waals surface area contributed by atoms with Gasteiger partial charge in [0, 0.05) is 0 Å². The molecular weight excluding hydrogens is 252 g/mol. The van der Waals surface area contributed by atoms with E-state index >= 15 is 0 Å². The molecule has 1 aliphatic rings. The first kappa shape index (κ1) is 13.3. The van der Waals surface area contributed by atoms with Gasteiger partial charge in [-0.25, -0.2) is 0 Å².